The fourth-order valence-corrected chi connectivity index (χ4v) is 3.44. The normalized spacial score (nSPS) is 10.3. The third-order valence-electron chi connectivity index (χ3n) is 2.86. The fraction of sp³-hybridized carbons (Fsp3) is 0.600. The molecular weight excluding hydrogens is 350 g/mol. The molecule has 7 nitrogen and oxygen atoms in total. The van der Waals surface area contributed by atoms with E-state index in [9.17, 15) is 14.4 Å². The number of likely N-dealkylation sites (N-methyl/N-ethyl adjacent to an activating group) is 1. The highest BCUT2D eigenvalue weighted by Gasteiger charge is 2.14. The van der Waals surface area contributed by atoms with Gasteiger partial charge in [0.1, 0.15) is 0 Å². The molecule has 1 aromatic heterocycles. The number of rotatable bonds is 10. The highest BCUT2D eigenvalue weighted by atomic mass is 32.2. The van der Waals surface area contributed by atoms with Gasteiger partial charge in [0, 0.05) is 19.0 Å². The summed E-state index contributed by atoms with van der Waals surface area (Å²) in [6.07, 6.45) is 0.994. The topological polar surface area (TPSA) is 88.6 Å². The first-order valence-electron chi connectivity index (χ1n) is 7.69. The molecule has 0 saturated heterocycles. The van der Waals surface area contributed by atoms with Gasteiger partial charge in [0.25, 0.3) is 0 Å². The van der Waals surface area contributed by atoms with Gasteiger partial charge in [-0.05, 0) is 13.3 Å². The number of ether oxygens (including phenoxy) is 1. The van der Waals surface area contributed by atoms with Gasteiger partial charge in [0.15, 0.2) is 4.34 Å². The molecule has 0 aliphatic heterocycles. The Hall–Kier alpha value is -1.61. The summed E-state index contributed by atoms with van der Waals surface area (Å²) >= 11 is 2.68. The molecule has 1 aromatic rings. The molecule has 2 amide bonds. The van der Waals surface area contributed by atoms with Crippen molar-refractivity contribution in [3.63, 3.8) is 0 Å². The molecule has 0 aromatic carbocycles. The van der Waals surface area contributed by atoms with Crippen molar-refractivity contribution in [2.75, 3.05) is 32.5 Å². The predicted molar refractivity (Wildman–Crippen MR) is 94.1 cm³/mol. The molecular formula is C15H23N3O4S2. The van der Waals surface area contributed by atoms with E-state index in [1.165, 1.54) is 28.0 Å². The Morgan fingerprint density at radius 2 is 2.12 bits per heavy atom. The van der Waals surface area contributed by atoms with Crippen LogP contribution in [0, 0.1) is 0 Å². The maximum Gasteiger partial charge on any atom is 0.311 e. The molecule has 0 aliphatic carbocycles. The summed E-state index contributed by atoms with van der Waals surface area (Å²) in [7, 11) is 1.60. The fourth-order valence-electron chi connectivity index (χ4n) is 1.65. The van der Waals surface area contributed by atoms with E-state index in [1.807, 2.05) is 6.92 Å². The van der Waals surface area contributed by atoms with Crippen molar-refractivity contribution in [2.45, 2.75) is 31.0 Å². The maximum atomic E-state index is 12.0. The van der Waals surface area contributed by atoms with Crippen LogP contribution in [0.3, 0.4) is 0 Å². The average Bonchev–Trinajstić information content (AvgIpc) is 2.98. The van der Waals surface area contributed by atoms with E-state index in [4.69, 9.17) is 4.74 Å². The number of hydrogen-bond donors (Lipinski definition) is 1. The monoisotopic (exact) mass is 373 g/mol. The van der Waals surface area contributed by atoms with Crippen LogP contribution in [0.4, 0.5) is 0 Å². The molecule has 0 aliphatic rings. The molecule has 134 valence electrons. The number of nitrogens with one attached hydrogen (secondary N) is 1. The summed E-state index contributed by atoms with van der Waals surface area (Å²) in [6, 6.07) is 0. The second-order valence-electron chi connectivity index (χ2n) is 4.97. The molecule has 0 spiro atoms. The van der Waals surface area contributed by atoms with Crippen molar-refractivity contribution in [3.05, 3.63) is 11.1 Å². The molecule has 1 heterocycles. The third-order valence-corrected chi connectivity index (χ3v) is 4.91. The smallest absolute Gasteiger partial charge is 0.311 e. The van der Waals surface area contributed by atoms with Crippen LogP contribution >= 0.6 is 23.1 Å². The minimum Gasteiger partial charge on any atom is -0.466 e. The Labute approximate surface area is 150 Å². The zero-order valence-corrected chi connectivity index (χ0v) is 15.8. The number of aromatic nitrogens is 1. The molecule has 0 unspecified atom stereocenters. The highest BCUT2D eigenvalue weighted by Crippen LogP contribution is 2.23. The molecule has 0 radical (unpaired) electrons. The van der Waals surface area contributed by atoms with Crippen LogP contribution in [0.25, 0.3) is 0 Å². The number of thiazole rings is 1. The molecule has 1 rings (SSSR count). The lowest BCUT2D eigenvalue weighted by Crippen LogP contribution is -2.39. The third kappa shape index (κ3) is 7.78. The Bertz CT molecular complexity index is 563. The van der Waals surface area contributed by atoms with Crippen molar-refractivity contribution in [2.24, 2.45) is 0 Å². The molecule has 0 atom stereocenters. The summed E-state index contributed by atoms with van der Waals surface area (Å²) in [5, 5.41) is 4.51. The molecule has 1 N–H and O–H groups in total. The van der Waals surface area contributed by atoms with Gasteiger partial charge < -0.3 is 15.0 Å². The van der Waals surface area contributed by atoms with E-state index in [0.29, 0.717) is 23.2 Å². The second-order valence-corrected chi connectivity index (χ2v) is 7.06. The number of esters is 1. The lowest BCUT2D eigenvalue weighted by molar-refractivity contribution is -0.142. The van der Waals surface area contributed by atoms with Crippen LogP contribution < -0.4 is 5.32 Å². The summed E-state index contributed by atoms with van der Waals surface area (Å²) in [4.78, 5) is 40.7. The Kier molecular flexibility index (Phi) is 9.39. The first-order chi connectivity index (χ1) is 11.5. The van der Waals surface area contributed by atoms with Gasteiger partial charge in [0.05, 0.1) is 31.0 Å². The van der Waals surface area contributed by atoms with Crippen LogP contribution in [-0.2, 0) is 25.5 Å². The summed E-state index contributed by atoms with van der Waals surface area (Å²) < 4.78 is 5.58. The van der Waals surface area contributed by atoms with Crippen LogP contribution in [-0.4, -0.2) is 60.2 Å². The lowest BCUT2D eigenvalue weighted by atomic mass is 10.3. The van der Waals surface area contributed by atoms with Crippen LogP contribution in [0.5, 0.6) is 0 Å². The van der Waals surface area contributed by atoms with Crippen molar-refractivity contribution >= 4 is 40.9 Å². The maximum absolute atomic E-state index is 12.0. The first-order valence-corrected chi connectivity index (χ1v) is 9.56. The summed E-state index contributed by atoms with van der Waals surface area (Å²) in [5.74, 6) is -0.421. The SMILES string of the molecule is CCCNC(=O)CN(C)C(=O)CSc1nc(CC(=O)OCC)cs1. The number of nitrogens with zero attached hydrogens (tertiary/aromatic N) is 2. The van der Waals surface area contributed by atoms with Crippen LogP contribution in [0.15, 0.2) is 9.72 Å². The lowest BCUT2D eigenvalue weighted by Gasteiger charge is -2.16. The number of carbonyl (C=O) groups is 3. The molecule has 0 fully saturated rings. The minimum atomic E-state index is -0.312. The van der Waals surface area contributed by atoms with Gasteiger partial charge in [-0.2, -0.15) is 0 Å². The second kappa shape index (κ2) is 11.0. The van der Waals surface area contributed by atoms with E-state index < -0.39 is 0 Å². The van der Waals surface area contributed by atoms with Gasteiger partial charge in [-0.25, -0.2) is 4.98 Å². The van der Waals surface area contributed by atoms with Crippen molar-refractivity contribution in [3.8, 4) is 0 Å². The van der Waals surface area contributed by atoms with Crippen LogP contribution in [0.2, 0.25) is 0 Å². The molecule has 9 heteroatoms. The number of amides is 2. The van der Waals surface area contributed by atoms with E-state index in [0.717, 1.165) is 6.42 Å². The molecule has 0 bridgehead atoms. The number of hydrogen-bond acceptors (Lipinski definition) is 7. The van der Waals surface area contributed by atoms with Gasteiger partial charge in [-0.15, -0.1) is 11.3 Å². The van der Waals surface area contributed by atoms with Gasteiger partial charge in [-0.3, -0.25) is 14.4 Å². The Morgan fingerprint density at radius 1 is 1.38 bits per heavy atom. The van der Waals surface area contributed by atoms with E-state index >= 15 is 0 Å². The first kappa shape index (κ1) is 20.4. The number of carbonyl (C=O) groups excluding carboxylic acids is 3. The predicted octanol–water partition coefficient (Wildman–Crippen LogP) is 1.33. The van der Waals surface area contributed by atoms with E-state index in [-0.39, 0.29) is 36.5 Å². The largest absolute Gasteiger partial charge is 0.466 e. The Balaban J connectivity index is 2.37. The summed E-state index contributed by atoms with van der Waals surface area (Å²) in [5.41, 5.74) is 0.640. The minimum absolute atomic E-state index is 0.0470. The summed E-state index contributed by atoms with van der Waals surface area (Å²) in [6.45, 7) is 4.72. The quantitative estimate of drug-likeness (QED) is 0.492. The zero-order chi connectivity index (χ0) is 17.9. The van der Waals surface area contributed by atoms with Gasteiger partial charge in [-0.1, -0.05) is 18.7 Å². The Morgan fingerprint density at radius 3 is 2.79 bits per heavy atom. The number of thioether (sulfide) groups is 1. The van der Waals surface area contributed by atoms with Crippen molar-refractivity contribution < 1.29 is 19.1 Å². The van der Waals surface area contributed by atoms with Crippen molar-refractivity contribution in [1.82, 2.24) is 15.2 Å². The van der Waals surface area contributed by atoms with Gasteiger partial charge in [0.2, 0.25) is 11.8 Å². The molecule has 0 saturated carbocycles. The van der Waals surface area contributed by atoms with Gasteiger partial charge >= 0.3 is 5.97 Å². The standard InChI is InChI=1S/C15H23N3O4S2/c1-4-6-16-12(19)8-18(3)13(20)10-24-15-17-11(9-23-15)7-14(21)22-5-2/h9H,4-8,10H2,1-3H3,(H,16,19). The highest BCUT2D eigenvalue weighted by molar-refractivity contribution is 8.01. The van der Waals surface area contributed by atoms with Crippen LogP contribution in [0.1, 0.15) is 26.0 Å². The average molecular weight is 374 g/mol. The van der Waals surface area contributed by atoms with Crippen molar-refractivity contribution in [1.29, 1.82) is 0 Å². The molecule has 24 heavy (non-hydrogen) atoms. The zero-order valence-electron chi connectivity index (χ0n) is 14.2. The van der Waals surface area contributed by atoms with E-state index in [1.54, 1.807) is 19.4 Å². The van der Waals surface area contributed by atoms with E-state index in [2.05, 4.69) is 10.3 Å².